The van der Waals surface area contributed by atoms with Gasteiger partial charge in [-0.15, -0.1) is 0 Å². The Kier molecular flexibility index (Phi) is 5.62. The topological polar surface area (TPSA) is 76.4 Å². The lowest BCUT2D eigenvalue weighted by atomic mass is 10.0. The van der Waals surface area contributed by atoms with Gasteiger partial charge in [-0.1, -0.05) is 13.8 Å². The molecule has 0 aliphatic heterocycles. The lowest BCUT2D eigenvalue weighted by Crippen LogP contribution is -2.41. The summed E-state index contributed by atoms with van der Waals surface area (Å²) in [4.78, 5) is 12.5. The Hall–Kier alpha value is -2.34. The van der Waals surface area contributed by atoms with E-state index in [0.717, 1.165) is 11.4 Å². The summed E-state index contributed by atoms with van der Waals surface area (Å²) < 4.78 is 7.17. The SMILES string of the molecule is COc1ccc(C(=O)N[C@@H](CO)C(C)C)cc1-n1nc(C)cc1C. The maximum atomic E-state index is 12.5. The molecule has 0 spiro atoms. The number of methoxy groups -OCH3 is 1. The van der Waals surface area contributed by atoms with Crippen LogP contribution in [0.15, 0.2) is 24.3 Å². The molecule has 0 radical (unpaired) electrons. The summed E-state index contributed by atoms with van der Waals surface area (Å²) in [5, 5.41) is 16.7. The summed E-state index contributed by atoms with van der Waals surface area (Å²) in [5.41, 5.74) is 3.06. The summed E-state index contributed by atoms with van der Waals surface area (Å²) in [6, 6.07) is 6.90. The van der Waals surface area contributed by atoms with Crippen molar-refractivity contribution in [3.8, 4) is 11.4 Å². The van der Waals surface area contributed by atoms with Crippen molar-refractivity contribution >= 4 is 5.91 Å². The highest BCUT2D eigenvalue weighted by Gasteiger charge is 2.18. The lowest BCUT2D eigenvalue weighted by molar-refractivity contribution is 0.0897. The van der Waals surface area contributed by atoms with Gasteiger partial charge in [0.1, 0.15) is 11.4 Å². The van der Waals surface area contributed by atoms with Crippen molar-refractivity contribution in [1.29, 1.82) is 0 Å². The van der Waals surface area contributed by atoms with E-state index in [1.807, 2.05) is 33.8 Å². The molecule has 1 aromatic heterocycles. The molecule has 0 aliphatic carbocycles. The van der Waals surface area contributed by atoms with Crippen molar-refractivity contribution in [2.75, 3.05) is 13.7 Å². The molecule has 0 saturated heterocycles. The summed E-state index contributed by atoms with van der Waals surface area (Å²) in [6.07, 6.45) is 0. The fraction of sp³-hybridized carbons (Fsp3) is 0.444. The van der Waals surface area contributed by atoms with E-state index in [1.54, 1.807) is 30.0 Å². The molecule has 0 aliphatic rings. The highest BCUT2D eigenvalue weighted by atomic mass is 16.5. The van der Waals surface area contributed by atoms with Gasteiger partial charge in [0.05, 0.1) is 25.5 Å². The Morgan fingerprint density at radius 3 is 2.54 bits per heavy atom. The van der Waals surface area contributed by atoms with Crippen molar-refractivity contribution in [2.24, 2.45) is 5.92 Å². The number of rotatable bonds is 6. The predicted octanol–water partition coefficient (Wildman–Crippen LogP) is 2.24. The molecule has 1 aromatic carbocycles. The molecule has 2 rings (SSSR count). The maximum absolute atomic E-state index is 12.5. The molecule has 0 saturated carbocycles. The number of hydrogen-bond acceptors (Lipinski definition) is 4. The molecule has 2 aromatic rings. The minimum atomic E-state index is -0.281. The summed E-state index contributed by atoms with van der Waals surface area (Å²) in [5.74, 6) is 0.557. The van der Waals surface area contributed by atoms with Crippen LogP contribution in [0.4, 0.5) is 0 Å². The monoisotopic (exact) mass is 331 g/mol. The number of aromatic nitrogens is 2. The molecule has 24 heavy (non-hydrogen) atoms. The summed E-state index contributed by atoms with van der Waals surface area (Å²) in [7, 11) is 1.59. The second-order valence-electron chi connectivity index (χ2n) is 6.23. The van der Waals surface area contributed by atoms with E-state index in [2.05, 4.69) is 10.4 Å². The highest BCUT2D eigenvalue weighted by Crippen LogP contribution is 2.25. The number of nitrogens with one attached hydrogen (secondary N) is 1. The molecule has 0 unspecified atom stereocenters. The van der Waals surface area contributed by atoms with Crippen LogP contribution in [0, 0.1) is 19.8 Å². The zero-order chi connectivity index (χ0) is 17.9. The molecule has 130 valence electrons. The molecule has 1 heterocycles. The highest BCUT2D eigenvalue weighted by molar-refractivity contribution is 5.95. The number of aliphatic hydroxyl groups is 1. The fourth-order valence-electron chi connectivity index (χ4n) is 2.54. The van der Waals surface area contributed by atoms with Gasteiger partial charge in [-0.3, -0.25) is 4.79 Å². The summed E-state index contributed by atoms with van der Waals surface area (Å²) in [6.45, 7) is 7.69. The van der Waals surface area contributed by atoms with Crippen LogP contribution < -0.4 is 10.1 Å². The zero-order valence-electron chi connectivity index (χ0n) is 14.8. The van der Waals surface area contributed by atoms with Crippen LogP contribution in [-0.2, 0) is 0 Å². The minimum absolute atomic E-state index is 0.0934. The number of benzene rings is 1. The third-order valence-electron chi connectivity index (χ3n) is 4.00. The van der Waals surface area contributed by atoms with Crippen LogP contribution in [0.3, 0.4) is 0 Å². The van der Waals surface area contributed by atoms with E-state index in [9.17, 15) is 9.90 Å². The van der Waals surface area contributed by atoms with Gasteiger partial charge in [0, 0.05) is 11.3 Å². The van der Waals surface area contributed by atoms with Gasteiger partial charge in [0.15, 0.2) is 0 Å². The average Bonchev–Trinajstić information content (AvgIpc) is 2.89. The van der Waals surface area contributed by atoms with Crippen LogP contribution in [-0.4, -0.2) is 40.6 Å². The first-order valence-corrected chi connectivity index (χ1v) is 8.00. The van der Waals surface area contributed by atoms with Gasteiger partial charge in [-0.25, -0.2) is 4.68 Å². The number of amides is 1. The van der Waals surface area contributed by atoms with Crippen molar-refractivity contribution in [1.82, 2.24) is 15.1 Å². The lowest BCUT2D eigenvalue weighted by Gasteiger charge is -2.20. The van der Waals surface area contributed by atoms with Crippen LogP contribution in [0.5, 0.6) is 5.75 Å². The van der Waals surface area contributed by atoms with Crippen molar-refractivity contribution in [3.05, 3.63) is 41.2 Å². The van der Waals surface area contributed by atoms with Gasteiger partial charge in [-0.05, 0) is 44.0 Å². The third-order valence-corrected chi connectivity index (χ3v) is 4.00. The first kappa shape index (κ1) is 18.0. The van der Waals surface area contributed by atoms with E-state index in [-0.39, 0.29) is 24.5 Å². The predicted molar refractivity (Wildman–Crippen MR) is 92.8 cm³/mol. The molecule has 1 atom stereocenters. The molecule has 6 heteroatoms. The van der Waals surface area contributed by atoms with Gasteiger partial charge < -0.3 is 15.2 Å². The number of ether oxygens (including phenoxy) is 1. The molecule has 1 amide bonds. The standard InChI is InChI=1S/C18H25N3O3/c1-11(2)15(10-22)19-18(23)14-6-7-17(24-5)16(9-14)21-13(4)8-12(3)20-21/h6-9,11,15,22H,10H2,1-5H3,(H,19,23)/t15-/m0/s1. The molecule has 0 fully saturated rings. The largest absolute Gasteiger partial charge is 0.494 e. The quantitative estimate of drug-likeness (QED) is 0.851. The van der Waals surface area contributed by atoms with Crippen molar-refractivity contribution in [2.45, 2.75) is 33.7 Å². The third kappa shape index (κ3) is 3.76. The molecule has 2 N–H and O–H groups in total. The van der Waals surface area contributed by atoms with Crippen LogP contribution in [0.2, 0.25) is 0 Å². The van der Waals surface area contributed by atoms with E-state index in [4.69, 9.17) is 4.74 Å². The maximum Gasteiger partial charge on any atom is 0.251 e. The van der Waals surface area contributed by atoms with E-state index < -0.39 is 0 Å². The number of hydrogen-bond donors (Lipinski definition) is 2. The second-order valence-corrected chi connectivity index (χ2v) is 6.23. The Morgan fingerprint density at radius 1 is 1.33 bits per heavy atom. The second kappa shape index (κ2) is 7.49. The Balaban J connectivity index is 2.38. The summed E-state index contributed by atoms with van der Waals surface area (Å²) >= 11 is 0. The van der Waals surface area contributed by atoms with Gasteiger partial charge in [-0.2, -0.15) is 5.10 Å². The number of aliphatic hydroxyl groups excluding tert-OH is 1. The number of aryl methyl sites for hydroxylation is 2. The Bertz CT molecular complexity index is 722. The normalized spacial score (nSPS) is 12.3. The zero-order valence-corrected chi connectivity index (χ0v) is 14.8. The molecule has 0 bridgehead atoms. The van der Waals surface area contributed by atoms with Crippen LogP contribution >= 0.6 is 0 Å². The van der Waals surface area contributed by atoms with Crippen molar-refractivity contribution in [3.63, 3.8) is 0 Å². The first-order chi connectivity index (χ1) is 11.4. The van der Waals surface area contributed by atoms with Gasteiger partial charge in [0.25, 0.3) is 5.91 Å². The first-order valence-electron chi connectivity index (χ1n) is 8.00. The van der Waals surface area contributed by atoms with E-state index >= 15 is 0 Å². The number of carbonyl (C=O) groups excluding carboxylic acids is 1. The van der Waals surface area contributed by atoms with E-state index in [1.165, 1.54) is 0 Å². The Morgan fingerprint density at radius 2 is 2.04 bits per heavy atom. The fourth-order valence-corrected chi connectivity index (χ4v) is 2.54. The van der Waals surface area contributed by atoms with Gasteiger partial charge >= 0.3 is 0 Å². The molecule has 6 nitrogen and oxygen atoms in total. The smallest absolute Gasteiger partial charge is 0.251 e. The number of nitrogens with zero attached hydrogens (tertiary/aromatic N) is 2. The molecular weight excluding hydrogens is 306 g/mol. The van der Waals surface area contributed by atoms with Crippen molar-refractivity contribution < 1.29 is 14.6 Å². The number of carbonyl (C=O) groups is 1. The Labute approximate surface area is 142 Å². The molecular formula is C18H25N3O3. The minimum Gasteiger partial charge on any atom is -0.494 e. The van der Waals surface area contributed by atoms with Crippen LogP contribution in [0.25, 0.3) is 5.69 Å². The van der Waals surface area contributed by atoms with E-state index in [0.29, 0.717) is 17.0 Å². The average molecular weight is 331 g/mol. The van der Waals surface area contributed by atoms with Gasteiger partial charge in [0.2, 0.25) is 0 Å². The van der Waals surface area contributed by atoms with Crippen LogP contribution in [0.1, 0.15) is 35.6 Å².